The van der Waals surface area contributed by atoms with Gasteiger partial charge >= 0.3 is 12.0 Å². The molecule has 1 atom stereocenters. The van der Waals surface area contributed by atoms with Crippen molar-refractivity contribution < 1.29 is 18.9 Å². The van der Waals surface area contributed by atoms with E-state index in [9.17, 15) is 13.8 Å². The standard InChI is InChI=1S/C11H13ClN2O4S/c1-19(18)5-4-13-11(17)14-9-6-7(12)2-3-8(9)10(15)16/h2-3,6H,4-5H2,1H3,(H,15,16)(H2,13,14,17). The minimum Gasteiger partial charge on any atom is -0.478 e. The van der Waals surface area contributed by atoms with Gasteiger partial charge in [0.1, 0.15) is 0 Å². The number of carboxylic acids is 1. The quantitative estimate of drug-likeness (QED) is 0.769. The zero-order chi connectivity index (χ0) is 14.4. The van der Waals surface area contributed by atoms with Crippen molar-refractivity contribution in [3.8, 4) is 0 Å². The predicted octanol–water partition coefficient (Wildman–Crippen LogP) is 1.54. The van der Waals surface area contributed by atoms with Crippen molar-refractivity contribution in [3.05, 3.63) is 28.8 Å². The van der Waals surface area contributed by atoms with Gasteiger partial charge < -0.3 is 15.7 Å². The number of carbonyl (C=O) groups excluding carboxylic acids is 1. The number of aromatic carboxylic acids is 1. The Labute approximate surface area is 117 Å². The molecule has 3 N–H and O–H groups in total. The second-order valence-electron chi connectivity index (χ2n) is 3.65. The number of hydrogen-bond donors (Lipinski definition) is 3. The first-order valence-electron chi connectivity index (χ1n) is 5.28. The molecule has 1 rings (SSSR count). The molecule has 0 bridgehead atoms. The number of nitrogens with one attached hydrogen (secondary N) is 2. The monoisotopic (exact) mass is 304 g/mol. The summed E-state index contributed by atoms with van der Waals surface area (Å²) in [6, 6.07) is 3.51. The average molecular weight is 305 g/mol. The van der Waals surface area contributed by atoms with Gasteiger partial charge in [0.15, 0.2) is 0 Å². The van der Waals surface area contributed by atoms with E-state index in [-0.39, 0.29) is 17.8 Å². The van der Waals surface area contributed by atoms with Crippen molar-refractivity contribution in [2.24, 2.45) is 0 Å². The molecular weight excluding hydrogens is 292 g/mol. The summed E-state index contributed by atoms with van der Waals surface area (Å²) in [4.78, 5) is 22.5. The third kappa shape index (κ3) is 5.27. The molecule has 0 aliphatic carbocycles. The van der Waals surface area contributed by atoms with E-state index in [4.69, 9.17) is 16.7 Å². The Morgan fingerprint density at radius 1 is 1.42 bits per heavy atom. The molecule has 8 heteroatoms. The molecule has 0 aliphatic rings. The summed E-state index contributed by atoms with van der Waals surface area (Å²) in [5.41, 5.74) is 0.0498. The maximum atomic E-state index is 11.5. The van der Waals surface area contributed by atoms with Crippen molar-refractivity contribution in [1.82, 2.24) is 5.32 Å². The van der Waals surface area contributed by atoms with Crippen LogP contribution in [0.25, 0.3) is 0 Å². The van der Waals surface area contributed by atoms with Crippen molar-refractivity contribution >= 4 is 40.1 Å². The van der Waals surface area contributed by atoms with E-state index in [1.807, 2.05) is 0 Å². The van der Waals surface area contributed by atoms with Gasteiger partial charge in [0.2, 0.25) is 0 Å². The van der Waals surface area contributed by atoms with Crippen LogP contribution in [-0.2, 0) is 10.8 Å². The van der Waals surface area contributed by atoms with Gasteiger partial charge in [0.25, 0.3) is 0 Å². The number of rotatable bonds is 5. The molecule has 0 aromatic heterocycles. The van der Waals surface area contributed by atoms with Crippen LogP contribution < -0.4 is 10.6 Å². The highest BCUT2D eigenvalue weighted by molar-refractivity contribution is 7.84. The Morgan fingerprint density at radius 2 is 2.11 bits per heavy atom. The number of carbonyl (C=O) groups is 2. The normalized spacial score (nSPS) is 11.7. The van der Waals surface area contributed by atoms with Crippen LogP contribution in [0.15, 0.2) is 18.2 Å². The van der Waals surface area contributed by atoms with Gasteiger partial charge in [0.05, 0.1) is 11.3 Å². The summed E-state index contributed by atoms with van der Waals surface area (Å²) < 4.78 is 10.8. The van der Waals surface area contributed by atoms with Crippen molar-refractivity contribution in [2.75, 3.05) is 23.9 Å². The molecule has 104 valence electrons. The Morgan fingerprint density at radius 3 is 2.68 bits per heavy atom. The fourth-order valence-electron chi connectivity index (χ4n) is 1.28. The van der Waals surface area contributed by atoms with E-state index in [1.54, 1.807) is 0 Å². The highest BCUT2D eigenvalue weighted by Gasteiger charge is 2.12. The van der Waals surface area contributed by atoms with Gasteiger partial charge in [-0.2, -0.15) is 0 Å². The Bertz CT molecular complexity index is 521. The molecule has 0 fully saturated rings. The fraction of sp³-hybridized carbons (Fsp3) is 0.273. The zero-order valence-electron chi connectivity index (χ0n) is 10.1. The van der Waals surface area contributed by atoms with Gasteiger partial charge in [-0.25, -0.2) is 9.59 Å². The van der Waals surface area contributed by atoms with E-state index in [1.165, 1.54) is 24.5 Å². The number of carboxylic acid groups (broad SMARTS) is 1. The lowest BCUT2D eigenvalue weighted by Gasteiger charge is -2.09. The molecule has 2 amide bonds. The summed E-state index contributed by atoms with van der Waals surface area (Å²) in [7, 11) is -1.00. The topological polar surface area (TPSA) is 95.5 Å². The van der Waals surface area contributed by atoms with E-state index in [0.717, 1.165) is 0 Å². The number of amides is 2. The Hall–Kier alpha value is -1.60. The predicted molar refractivity (Wildman–Crippen MR) is 74.4 cm³/mol. The molecule has 0 spiro atoms. The summed E-state index contributed by atoms with van der Waals surface area (Å²) in [5.74, 6) is -0.837. The second-order valence-corrected chi connectivity index (χ2v) is 5.64. The van der Waals surface area contributed by atoms with E-state index in [2.05, 4.69) is 10.6 Å². The van der Waals surface area contributed by atoms with Gasteiger partial charge in [0, 0.05) is 34.4 Å². The van der Waals surface area contributed by atoms with E-state index >= 15 is 0 Å². The molecule has 0 radical (unpaired) electrons. The molecule has 6 nitrogen and oxygen atoms in total. The molecule has 0 saturated heterocycles. The largest absolute Gasteiger partial charge is 0.478 e. The highest BCUT2D eigenvalue weighted by atomic mass is 35.5. The van der Waals surface area contributed by atoms with Crippen LogP contribution >= 0.6 is 11.6 Å². The van der Waals surface area contributed by atoms with Crippen LogP contribution in [0, 0.1) is 0 Å². The first-order chi connectivity index (χ1) is 8.90. The fourth-order valence-corrected chi connectivity index (χ4v) is 1.84. The third-order valence-electron chi connectivity index (χ3n) is 2.14. The minimum atomic E-state index is -1.17. The van der Waals surface area contributed by atoms with Gasteiger partial charge in [-0.15, -0.1) is 0 Å². The summed E-state index contributed by atoms with van der Waals surface area (Å²) in [6.07, 6.45) is 1.53. The van der Waals surface area contributed by atoms with Crippen LogP contribution in [0.5, 0.6) is 0 Å². The maximum Gasteiger partial charge on any atom is 0.337 e. The first kappa shape index (κ1) is 15.5. The molecular formula is C11H13ClN2O4S. The Kier molecular flexibility index (Phi) is 5.78. The number of anilines is 1. The molecule has 0 saturated carbocycles. The van der Waals surface area contributed by atoms with Gasteiger partial charge in [-0.1, -0.05) is 11.6 Å². The lowest BCUT2D eigenvalue weighted by molar-refractivity contribution is 0.0698. The molecule has 1 aromatic rings. The average Bonchev–Trinajstić information content (AvgIpc) is 2.27. The van der Waals surface area contributed by atoms with Crippen LogP contribution in [-0.4, -0.2) is 39.9 Å². The summed E-state index contributed by atoms with van der Waals surface area (Å²) in [5, 5.41) is 14.1. The summed E-state index contributed by atoms with van der Waals surface area (Å²) in [6.45, 7) is 0.234. The maximum absolute atomic E-state index is 11.5. The SMILES string of the molecule is CS(=O)CCNC(=O)Nc1cc(Cl)ccc1C(=O)O. The minimum absolute atomic E-state index is 0.0568. The number of halogens is 1. The van der Waals surface area contributed by atoms with Crippen LogP contribution in [0.1, 0.15) is 10.4 Å². The second kappa shape index (κ2) is 7.10. The molecule has 0 heterocycles. The molecule has 0 aliphatic heterocycles. The molecule has 1 aromatic carbocycles. The number of hydrogen-bond acceptors (Lipinski definition) is 3. The van der Waals surface area contributed by atoms with Crippen LogP contribution in [0.2, 0.25) is 5.02 Å². The molecule has 1 unspecified atom stereocenters. The van der Waals surface area contributed by atoms with Crippen LogP contribution in [0.3, 0.4) is 0 Å². The first-order valence-corrected chi connectivity index (χ1v) is 7.38. The van der Waals surface area contributed by atoms with E-state index in [0.29, 0.717) is 10.8 Å². The van der Waals surface area contributed by atoms with Crippen molar-refractivity contribution in [1.29, 1.82) is 0 Å². The molecule has 19 heavy (non-hydrogen) atoms. The lowest BCUT2D eigenvalue weighted by atomic mass is 10.2. The van der Waals surface area contributed by atoms with Gasteiger partial charge in [-0.05, 0) is 18.2 Å². The zero-order valence-corrected chi connectivity index (χ0v) is 11.7. The number of urea groups is 1. The van der Waals surface area contributed by atoms with Crippen molar-refractivity contribution in [3.63, 3.8) is 0 Å². The third-order valence-corrected chi connectivity index (χ3v) is 3.15. The summed E-state index contributed by atoms with van der Waals surface area (Å²) >= 11 is 5.75. The van der Waals surface area contributed by atoms with E-state index < -0.39 is 22.8 Å². The Balaban J connectivity index is 2.70. The smallest absolute Gasteiger partial charge is 0.337 e. The van der Waals surface area contributed by atoms with Gasteiger partial charge in [-0.3, -0.25) is 4.21 Å². The van der Waals surface area contributed by atoms with Crippen molar-refractivity contribution in [2.45, 2.75) is 0 Å². The lowest BCUT2D eigenvalue weighted by Crippen LogP contribution is -2.32. The van der Waals surface area contributed by atoms with Crippen LogP contribution in [0.4, 0.5) is 10.5 Å². The number of benzene rings is 1. The highest BCUT2D eigenvalue weighted by Crippen LogP contribution is 2.21.